The van der Waals surface area contributed by atoms with Crippen LogP contribution in [0.2, 0.25) is 0 Å². The first-order chi connectivity index (χ1) is 9.76. The Morgan fingerprint density at radius 2 is 1.70 bits per heavy atom. The lowest BCUT2D eigenvalue weighted by Gasteiger charge is -2.23. The van der Waals surface area contributed by atoms with Gasteiger partial charge >= 0.3 is 0 Å². The van der Waals surface area contributed by atoms with E-state index in [0.717, 1.165) is 36.4 Å². The molecule has 106 valence electrons. The molecule has 2 aromatic rings. The van der Waals surface area contributed by atoms with Gasteiger partial charge in [0.15, 0.2) is 0 Å². The predicted octanol–water partition coefficient (Wildman–Crippen LogP) is 4.61. The summed E-state index contributed by atoms with van der Waals surface area (Å²) < 4.78 is 0. The van der Waals surface area contributed by atoms with Gasteiger partial charge in [-0.1, -0.05) is 19.9 Å². The van der Waals surface area contributed by atoms with Gasteiger partial charge in [-0.15, -0.1) is 11.3 Å². The second-order valence-electron chi connectivity index (χ2n) is 4.84. The molecular weight excluding hydrogens is 266 g/mol. The summed E-state index contributed by atoms with van der Waals surface area (Å²) >= 11 is 1.49. The second kappa shape index (κ2) is 7.25. The van der Waals surface area contributed by atoms with Crippen LogP contribution in [0.1, 0.15) is 41.9 Å². The SMILES string of the molecule is CCCN(CCC)c1ccc(C(=O)c2cccs2)cc1. The summed E-state index contributed by atoms with van der Waals surface area (Å²) in [6.07, 6.45) is 2.27. The molecule has 0 atom stereocenters. The molecule has 20 heavy (non-hydrogen) atoms. The van der Waals surface area contributed by atoms with Gasteiger partial charge in [0, 0.05) is 24.3 Å². The maximum Gasteiger partial charge on any atom is 0.202 e. The lowest BCUT2D eigenvalue weighted by molar-refractivity contribution is 0.104. The molecule has 0 unspecified atom stereocenters. The molecular formula is C17H21NOS. The summed E-state index contributed by atoms with van der Waals surface area (Å²) in [5, 5.41) is 1.94. The van der Waals surface area contributed by atoms with Crippen LogP contribution in [0.15, 0.2) is 41.8 Å². The van der Waals surface area contributed by atoms with Gasteiger partial charge in [-0.25, -0.2) is 0 Å². The minimum atomic E-state index is 0.115. The highest BCUT2D eigenvalue weighted by atomic mass is 32.1. The topological polar surface area (TPSA) is 20.3 Å². The van der Waals surface area contributed by atoms with Gasteiger partial charge in [0.2, 0.25) is 5.78 Å². The molecule has 0 N–H and O–H groups in total. The Labute approximate surface area is 125 Å². The number of anilines is 1. The molecule has 0 amide bonds. The number of nitrogens with zero attached hydrogens (tertiary/aromatic N) is 1. The zero-order chi connectivity index (χ0) is 14.4. The van der Waals surface area contributed by atoms with Crippen LogP contribution in [0.5, 0.6) is 0 Å². The largest absolute Gasteiger partial charge is 0.372 e. The maximum atomic E-state index is 12.2. The van der Waals surface area contributed by atoms with Crippen molar-refractivity contribution in [2.75, 3.05) is 18.0 Å². The van der Waals surface area contributed by atoms with E-state index in [9.17, 15) is 4.79 Å². The summed E-state index contributed by atoms with van der Waals surface area (Å²) in [5.74, 6) is 0.115. The number of benzene rings is 1. The number of carbonyl (C=O) groups is 1. The molecule has 0 aliphatic rings. The molecule has 0 spiro atoms. The average Bonchev–Trinajstić information content (AvgIpc) is 3.01. The number of thiophene rings is 1. The Kier molecular flexibility index (Phi) is 5.36. The van der Waals surface area contributed by atoms with Crippen molar-refractivity contribution in [1.82, 2.24) is 0 Å². The standard InChI is InChI=1S/C17H21NOS/c1-3-11-18(12-4-2)15-9-7-14(8-10-15)17(19)16-6-5-13-20-16/h5-10,13H,3-4,11-12H2,1-2H3. The van der Waals surface area contributed by atoms with E-state index in [-0.39, 0.29) is 5.78 Å². The van der Waals surface area contributed by atoms with E-state index in [4.69, 9.17) is 0 Å². The molecule has 0 bridgehead atoms. The van der Waals surface area contributed by atoms with Crippen LogP contribution in [-0.4, -0.2) is 18.9 Å². The summed E-state index contributed by atoms with van der Waals surface area (Å²) in [6.45, 7) is 6.51. The zero-order valence-corrected chi connectivity index (χ0v) is 13.0. The third-order valence-electron chi connectivity index (χ3n) is 3.23. The Bertz CT molecular complexity index is 525. The normalized spacial score (nSPS) is 10.5. The maximum absolute atomic E-state index is 12.2. The highest BCUT2D eigenvalue weighted by Crippen LogP contribution is 2.20. The van der Waals surface area contributed by atoms with Gasteiger partial charge in [0.1, 0.15) is 0 Å². The number of rotatable bonds is 7. The second-order valence-corrected chi connectivity index (χ2v) is 5.79. The number of carbonyl (C=O) groups excluding carboxylic acids is 1. The van der Waals surface area contributed by atoms with E-state index in [0.29, 0.717) is 0 Å². The summed E-state index contributed by atoms with van der Waals surface area (Å²) in [6, 6.07) is 11.8. The molecule has 3 heteroatoms. The van der Waals surface area contributed by atoms with E-state index in [1.165, 1.54) is 17.0 Å². The first kappa shape index (κ1) is 14.8. The van der Waals surface area contributed by atoms with Gasteiger partial charge < -0.3 is 4.90 Å². The minimum Gasteiger partial charge on any atom is -0.372 e. The molecule has 1 aromatic heterocycles. The van der Waals surface area contributed by atoms with E-state index in [1.807, 2.05) is 29.6 Å². The molecule has 2 nitrogen and oxygen atoms in total. The van der Waals surface area contributed by atoms with Crippen molar-refractivity contribution in [3.63, 3.8) is 0 Å². The van der Waals surface area contributed by atoms with E-state index in [2.05, 4.69) is 30.9 Å². The Morgan fingerprint density at radius 1 is 1.05 bits per heavy atom. The van der Waals surface area contributed by atoms with Crippen molar-refractivity contribution in [2.45, 2.75) is 26.7 Å². The molecule has 2 rings (SSSR count). The summed E-state index contributed by atoms with van der Waals surface area (Å²) in [7, 11) is 0. The van der Waals surface area contributed by atoms with Crippen LogP contribution < -0.4 is 4.90 Å². The van der Waals surface area contributed by atoms with Crippen LogP contribution in [0.4, 0.5) is 5.69 Å². The van der Waals surface area contributed by atoms with Crippen LogP contribution in [0.25, 0.3) is 0 Å². The summed E-state index contributed by atoms with van der Waals surface area (Å²) in [5.41, 5.74) is 1.97. The highest BCUT2D eigenvalue weighted by molar-refractivity contribution is 7.12. The van der Waals surface area contributed by atoms with Crippen molar-refractivity contribution >= 4 is 22.8 Å². The van der Waals surface area contributed by atoms with E-state index >= 15 is 0 Å². The van der Waals surface area contributed by atoms with Crippen molar-refractivity contribution < 1.29 is 4.79 Å². The van der Waals surface area contributed by atoms with Gasteiger partial charge in [0.25, 0.3) is 0 Å². The molecule has 0 saturated carbocycles. The molecule has 0 fully saturated rings. The molecule has 1 heterocycles. The average molecular weight is 287 g/mol. The Morgan fingerprint density at radius 3 is 2.20 bits per heavy atom. The number of ketones is 1. The molecule has 0 aliphatic heterocycles. The molecule has 0 aliphatic carbocycles. The van der Waals surface area contributed by atoms with Crippen LogP contribution in [0.3, 0.4) is 0 Å². The number of hydrogen-bond donors (Lipinski definition) is 0. The van der Waals surface area contributed by atoms with Crippen molar-refractivity contribution in [2.24, 2.45) is 0 Å². The van der Waals surface area contributed by atoms with Gasteiger partial charge in [0.05, 0.1) is 4.88 Å². The van der Waals surface area contributed by atoms with Gasteiger partial charge in [-0.3, -0.25) is 4.79 Å². The van der Waals surface area contributed by atoms with Crippen molar-refractivity contribution in [3.8, 4) is 0 Å². The van der Waals surface area contributed by atoms with Crippen molar-refractivity contribution in [1.29, 1.82) is 0 Å². The highest BCUT2D eigenvalue weighted by Gasteiger charge is 2.11. The van der Waals surface area contributed by atoms with Crippen molar-refractivity contribution in [3.05, 3.63) is 52.2 Å². The lowest BCUT2D eigenvalue weighted by Crippen LogP contribution is -2.24. The fraction of sp³-hybridized carbons (Fsp3) is 0.353. The quantitative estimate of drug-likeness (QED) is 0.693. The van der Waals surface area contributed by atoms with Gasteiger partial charge in [-0.2, -0.15) is 0 Å². The first-order valence-electron chi connectivity index (χ1n) is 7.19. The molecule has 0 radical (unpaired) electrons. The fourth-order valence-electron chi connectivity index (χ4n) is 2.28. The third-order valence-corrected chi connectivity index (χ3v) is 4.10. The van der Waals surface area contributed by atoms with E-state index in [1.54, 1.807) is 0 Å². The molecule has 0 saturated heterocycles. The van der Waals surface area contributed by atoms with Crippen LogP contribution in [0, 0.1) is 0 Å². The van der Waals surface area contributed by atoms with Crippen LogP contribution in [-0.2, 0) is 0 Å². The van der Waals surface area contributed by atoms with Crippen LogP contribution >= 0.6 is 11.3 Å². The number of hydrogen-bond acceptors (Lipinski definition) is 3. The van der Waals surface area contributed by atoms with E-state index < -0.39 is 0 Å². The lowest BCUT2D eigenvalue weighted by atomic mass is 10.1. The minimum absolute atomic E-state index is 0.115. The first-order valence-corrected chi connectivity index (χ1v) is 8.07. The molecule has 1 aromatic carbocycles. The van der Waals surface area contributed by atoms with Gasteiger partial charge in [-0.05, 0) is 48.6 Å². The fourth-order valence-corrected chi connectivity index (χ4v) is 2.97. The third kappa shape index (κ3) is 3.48. The summed E-state index contributed by atoms with van der Waals surface area (Å²) in [4.78, 5) is 15.4. The predicted molar refractivity (Wildman–Crippen MR) is 87.0 cm³/mol. The Balaban J connectivity index is 2.14. The Hall–Kier alpha value is -1.61. The zero-order valence-electron chi connectivity index (χ0n) is 12.1. The smallest absolute Gasteiger partial charge is 0.202 e. The monoisotopic (exact) mass is 287 g/mol.